The summed E-state index contributed by atoms with van der Waals surface area (Å²) in [5, 5.41) is 12.5. The van der Waals surface area contributed by atoms with E-state index >= 15 is 0 Å². The zero-order chi connectivity index (χ0) is 26.0. The number of nitrogens with two attached hydrogens (primary N) is 1. The Morgan fingerprint density at radius 1 is 0.743 bits per heavy atom. The third-order valence-electron chi connectivity index (χ3n) is 5.69. The lowest BCUT2D eigenvalue weighted by atomic mass is 9.92. The summed E-state index contributed by atoms with van der Waals surface area (Å²) in [7, 11) is 0. The van der Waals surface area contributed by atoms with Crippen LogP contribution < -0.4 is 5.73 Å². The number of carboxylic acids is 1. The molecular formula is C30H35Cl2NO2. The molecule has 0 aromatic heterocycles. The highest BCUT2D eigenvalue weighted by molar-refractivity contribution is 6.29. The Hall–Kier alpha value is -2.59. The molecule has 0 amide bonds. The van der Waals surface area contributed by atoms with Crippen LogP contribution in [0.2, 0.25) is 0 Å². The number of aliphatic carboxylic acids is 1. The van der Waals surface area contributed by atoms with Gasteiger partial charge in [-0.1, -0.05) is 91.9 Å². The first-order chi connectivity index (χ1) is 16.6. The highest BCUT2D eigenvalue weighted by atomic mass is 35.5. The number of benzene rings is 4. The second-order valence-electron chi connectivity index (χ2n) is 8.80. The molecule has 3 N–H and O–H groups in total. The van der Waals surface area contributed by atoms with E-state index in [0.717, 1.165) is 6.42 Å². The summed E-state index contributed by atoms with van der Waals surface area (Å²) in [6.45, 7) is 7.73. The second kappa shape index (κ2) is 14.1. The molecule has 3 nitrogen and oxygen atoms in total. The molecule has 5 heteroatoms. The largest absolute Gasteiger partial charge is 0.480 e. The Bertz CT molecular complexity index is 1210. The van der Waals surface area contributed by atoms with Gasteiger partial charge < -0.3 is 10.8 Å². The number of carbonyl (C=O) groups is 1. The number of halogens is 2. The molecule has 0 unspecified atom stereocenters. The molecule has 0 radical (unpaired) electrons. The molecule has 4 atom stereocenters. The summed E-state index contributed by atoms with van der Waals surface area (Å²) in [5.74, 6) is -0.463. The van der Waals surface area contributed by atoms with Crippen molar-refractivity contribution in [2.24, 2.45) is 5.73 Å². The van der Waals surface area contributed by atoms with Gasteiger partial charge in [-0.15, -0.1) is 23.2 Å². The van der Waals surface area contributed by atoms with Crippen LogP contribution in [-0.2, 0) is 4.79 Å². The summed E-state index contributed by atoms with van der Waals surface area (Å²) < 4.78 is 0. The van der Waals surface area contributed by atoms with E-state index < -0.39 is 11.3 Å². The number of alkyl halides is 2. The van der Waals surface area contributed by atoms with Crippen LogP contribution in [0.5, 0.6) is 0 Å². The van der Waals surface area contributed by atoms with E-state index in [1.165, 1.54) is 39.6 Å². The first-order valence-corrected chi connectivity index (χ1v) is 12.7. The fourth-order valence-corrected chi connectivity index (χ4v) is 4.21. The molecule has 0 fully saturated rings. The molecule has 4 aromatic carbocycles. The highest BCUT2D eigenvalue weighted by Gasteiger charge is 2.11. The van der Waals surface area contributed by atoms with Gasteiger partial charge in [-0.05, 0) is 65.8 Å². The summed E-state index contributed by atoms with van der Waals surface area (Å²) in [4.78, 5) is 9.57. The first kappa shape index (κ1) is 28.6. The number of hydrogen-bond acceptors (Lipinski definition) is 2. The Labute approximate surface area is 218 Å². The molecular weight excluding hydrogens is 477 g/mol. The van der Waals surface area contributed by atoms with Gasteiger partial charge in [-0.2, -0.15) is 0 Å². The molecule has 0 saturated heterocycles. The second-order valence-corrected chi connectivity index (χ2v) is 10.2. The van der Waals surface area contributed by atoms with E-state index in [2.05, 4.69) is 86.6 Å². The zero-order valence-corrected chi connectivity index (χ0v) is 22.3. The molecule has 0 aliphatic rings. The van der Waals surface area contributed by atoms with Crippen molar-refractivity contribution in [3.63, 3.8) is 0 Å². The van der Waals surface area contributed by atoms with Crippen molar-refractivity contribution in [3.8, 4) is 0 Å². The maximum Gasteiger partial charge on any atom is 0.321 e. The van der Waals surface area contributed by atoms with Crippen molar-refractivity contribution in [1.82, 2.24) is 0 Å². The van der Waals surface area contributed by atoms with E-state index in [-0.39, 0.29) is 11.4 Å². The molecule has 186 valence electrons. The van der Waals surface area contributed by atoms with Crippen LogP contribution in [0.1, 0.15) is 57.2 Å². The Morgan fingerprint density at radius 3 is 1.57 bits per heavy atom. The monoisotopic (exact) mass is 511 g/mol. The summed E-state index contributed by atoms with van der Waals surface area (Å²) >= 11 is 11.1. The average Bonchev–Trinajstić information content (AvgIpc) is 2.83. The normalized spacial score (nSPS) is 14.0. The van der Waals surface area contributed by atoms with Crippen molar-refractivity contribution in [3.05, 3.63) is 96.1 Å². The van der Waals surface area contributed by atoms with Gasteiger partial charge in [0.05, 0.1) is 0 Å². The number of rotatable bonds is 5. The summed E-state index contributed by atoms with van der Waals surface area (Å²) in [5.41, 5.74) is 8.51. The Kier molecular flexibility index (Phi) is 11.5. The maximum atomic E-state index is 9.57. The van der Waals surface area contributed by atoms with Crippen LogP contribution >= 0.6 is 23.2 Å². The van der Waals surface area contributed by atoms with Crippen LogP contribution in [0, 0.1) is 0 Å². The van der Waals surface area contributed by atoms with Crippen LogP contribution in [0.3, 0.4) is 0 Å². The molecule has 0 saturated carbocycles. The van der Waals surface area contributed by atoms with Crippen LogP contribution in [-0.4, -0.2) is 21.8 Å². The lowest BCUT2D eigenvalue weighted by Crippen LogP contribution is -2.06. The van der Waals surface area contributed by atoms with E-state index in [0.29, 0.717) is 5.92 Å². The summed E-state index contributed by atoms with van der Waals surface area (Å²) in [6, 6.07) is 29.7. The number of carboxylic acid groups (broad SMARTS) is 1. The summed E-state index contributed by atoms with van der Waals surface area (Å²) in [6.07, 6.45) is 1.02. The van der Waals surface area contributed by atoms with Crippen molar-refractivity contribution >= 4 is 50.7 Å². The predicted molar refractivity (Wildman–Crippen MR) is 152 cm³/mol. The molecule has 35 heavy (non-hydrogen) atoms. The minimum Gasteiger partial charge on any atom is -0.480 e. The third kappa shape index (κ3) is 8.85. The molecule has 0 spiro atoms. The van der Waals surface area contributed by atoms with Gasteiger partial charge in [0.15, 0.2) is 0 Å². The molecule has 0 heterocycles. The molecule has 4 rings (SSSR count). The van der Waals surface area contributed by atoms with Gasteiger partial charge in [0.2, 0.25) is 0 Å². The van der Waals surface area contributed by atoms with Crippen LogP contribution in [0.4, 0.5) is 0 Å². The van der Waals surface area contributed by atoms with Gasteiger partial charge in [-0.25, -0.2) is 0 Å². The number of fused-ring (bicyclic) bond motifs is 2. The minimum absolute atomic E-state index is 0.103. The molecule has 0 bridgehead atoms. The van der Waals surface area contributed by atoms with Crippen molar-refractivity contribution in [2.75, 3.05) is 0 Å². The quantitative estimate of drug-likeness (QED) is 0.264. The zero-order valence-electron chi connectivity index (χ0n) is 20.8. The van der Waals surface area contributed by atoms with Crippen molar-refractivity contribution in [2.45, 2.75) is 56.8 Å². The molecule has 4 aromatic rings. The van der Waals surface area contributed by atoms with Gasteiger partial charge in [-0.3, -0.25) is 4.79 Å². The lowest BCUT2D eigenvalue weighted by Gasteiger charge is -2.15. The van der Waals surface area contributed by atoms with E-state index in [9.17, 15) is 4.79 Å². The third-order valence-corrected chi connectivity index (χ3v) is 6.05. The van der Waals surface area contributed by atoms with Crippen LogP contribution in [0.25, 0.3) is 21.5 Å². The van der Waals surface area contributed by atoms with Gasteiger partial charge >= 0.3 is 5.97 Å². The Balaban J connectivity index is 0.000000204. The van der Waals surface area contributed by atoms with E-state index in [1.54, 1.807) is 0 Å². The van der Waals surface area contributed by atoms with E-state index in [1.807, 2.05) is 19.1 Å². The number of hydrogen-bond donors (Lipinski definition) is 2. The lowest BCUT2D eigenvalue weighted by molar-refractivity contribution is -0.136. The molecule has 0 aliphatic carbocycles. The maximum absolute atomic E-state index is 9.57. The predicted octanol–water partition coefficient (Wildman–Crippen LogP) is 8.52. The Morgan fingerprint density at radius 2 is 1.14 bits per heavy atom. The topological polar surface area (TPSA) is 63.3 Å². The minimum atomic E-state index is -0.975. The van der Waals surface area contributed by atoms with Crippen molar-refractivity contribution < 1.29 is 9.90 Å². The average molecular weight is 513 g/mol. The van der Waals surface area contributed by atoms with E-state index in [4.69, 9.17) is 34.0 Å². The van der Waals surface area contributed by atoms with Crippen LogP contribution in [0.15, 0.2) is 84.9 Å². The van der Waals surface area contributed by atoms with Crippen molar-refractivity contribution in [1.29, 1.82) is 0 Å². The SMILES string of the molecule is C[C@H](Cl)C(=O)O.C[C@H](Cl)C[C@@H](C)c1cccc2ccccc12.C[C@H](N)c1cccc2ccccc12. The fraction of sp³-hybridized carbons (Fsp3) is 0.300. The standard InChI is InChI=1S/C15H17Cl.C12H13N.C3H5ClO2/c1-11(10-12(2)16)14-9-5-7-13-6-3-4-8-15(13)14;1-9(13)11-8-4-6-10-5-2-3-7-12(10)11;1-2(4)3(5)6/h3-9,11-12H,10H2,1-2H3;2-9H,13H2,1H3;2H,1H3,(H,5,6)/t11-,12+;9-;2-/m100/s1. The van der Waals surface area contributed by atoms with Gasteiger partial charge in [0.1, 0.15) is 5.38 Å². The first-order valence-electron chi connectivity index (χ1n) is 11.8. The fourth-order valence-electron chi connectivity index (χ4n) is 3.94. The van der Waals surface area contributed by atoms with Gasteiger partial charge in [0, 0.05) is 11.4 Å². The highest BCUT2D eigenvalue weighted by Crippen LogP contribution is 2.29. The molecule has 0 aliphatic heterocycles. The van der Waals surface area contributed by atoms with Gasteiger partial charge in [0.25, 0.3) is 0 Å². The smallest absolute Gasteiger partial charge is 0.321 e.